The van der Waals surface area contributed by atoms with Crippen LogP contribution in [-0.4, -0.2) is 24.9 Å². The average Bonchev–Trinajstić information content (AvgIpc) is 3.46. The standard InChI is InChI=1S/C24H21NO5/c1-29-24(28)15-4-2-14(3-5-15)13-30-19-10-8-18(9-11-19)25-22(26)20-16-6-7-17(12-16)21(20)23(25)27/h2-11,16-17,20-21H,12-13H2,1H3/t16-,17-,20-,21+/m0/s1. The maximum Gasteiger partial charge on any atom is 0.337 e. The van der Waals surface area contributed by atoms with Gasteiger partial charge in [-0.25, -0.2) is 4.79 Å². The van der Waals surface area contributed by atoms with Crippen molar-refractivity contribution in [3.05, 3.63) is 71.8 Å². The molecule has 1 aliphatic heterocycles. The van der Waals surface area contributed by atoms with Crippen molar-refractivity contribution in [2.45, 2.75) is 13.0 Å². The molecule has 2 bridgehead atoms. The Labute approximate surface area is 174 Å². The van der Waals surface area contributed by atoms with Crippen molar-refractivity contribution < 1.29 is 23.9 Å². The number of carbonyl (C=O) groups excluding carboxylic acids is 3. The van der Waals surface area contributed by atoms with Gasteiger partial charge in [-0.05, 0) is 60.2 Å². The number of imide groups is 1. The van der Waals surface area contributed by atoms with Crippen LogP contribution < -0.4 is 9.64 Å². The van der Waals surface area contributed by atoms with E-state index in [4.69, 9.17) is 4.74 Å². The zero-order valence-electron chi connectivity index (χ0n) is 16.5. The number of hydrogen-bond acceptors (Lipinski definition) is 5. The first-order valence-corrected chi connectivity index (χ1v) is 10.0. The molecule has 6 nitrogen and oxygen atoms in total. The van der Waals surface area contributed by atoms with Crippen LogP contribution in [0.25, 0.3) is 0 Å². The minimum Gasteiger partial charge on any atom is -0.489 e. The third kappa shape index (κ3) is 2.91. The number of benzene rings is 2. The minimum atomic E-state index is -0.378. The van der Waals surface area contributed by atoms with Crippen molar-refractivity contribution in [1.29, 1.82) is 0 Å². The molecule has 1 heterocycles. The number of allylic oxidation sites excluding steroid dienone is 2. The van der Waals surface area contributed by atoms with E-state index in [0.717, 1.165) is 12.0 Å². The lowest BCUT2D eigenvalue weighted by atomic mass is 9.85. The van der Waals surface area contributed by atoms with Gasteiger partial charge in [0.1, 0.15) is 12.4 Å². The van der Waals surface area contributed by atoms with Crippen LogP contribution in [0.2, 0.25) is 0 Å². The van der Waals surface area contributed by atoms with Crippen LogP contribution in [0.5, 0.6) is 5.75 Å². The summed E-state index contributed by atoms with van der Waals surface area (Å²) < 4.78 is 10.5. The number of rotatable bonds is 5. The summed E-state index contributed by atoms with van der Waals surface area (Å²) in [5, 5.41) is 0. The predicted molar refractivity (Wildman–Crippen MR) is 109 cm³/mol. The number of fused-ring (bicyclic) bond motifs is 5. The second-order valence-corrected chi connectivity index (χ2v) is 7.98. The molecule has 3 aliphatic rings. The summed E-state index contributed by atoms with van der Waals surface area (Å²) in [5.41, 5.74) is 1.99. The maximum absolute atomic E-state index is 12.9. The summed E-state index contributed by atoms with van der Waals surface area (Å²) in [5.74, 6) is 0.105. The number of carbonyl (C=O) groups is 3. The molecule has 2 aliphatic carbocycles. The van der Waals surface area contributed by atoms with Crippen LogP contribution in [0, 0.1) is 23.7 Å². The minimum absolute atomic E-state index is 0.0822. The topological polar surface area (TPSA) is 72.9 Å². The van der Waals surface area contributed by atoms with E-state index < -0.39 is 0 Å². The van der Waals surface area contributed by atoms with Crippen LogP contribution >= 0.6 is 0 Å². The second kappa shape index (κ2) is 7.13. The van der Waals surface area contributed by atoms with E-state index in [1.165, 1.54) is 12.0 Å². The fourth-order valence-electron chi connectivity index (χ4n) is 4.87. The van der Waals surface area contributed by atoms with Crippen LogP contribution in [0.15, 0.2) is 60.7 Å². The molecule has 1 saturated carbocycles. The van der Waals surface area contributed by atoms with Gasteiger partial charge < -0.3 is 9.47 Å². The fraction of sp³-hybridized carbons (Fsp3) is 0.292. The Hall–Kier alpha value is -3.41. The molecular formula is C24H21NO5. The fourth-order valence-corrected chi connectivity index (χ4v) is 4.87. The summed E-state index contributed by atoms with van der Waals surface area (Å²) in [6.07, 6.45) is 5.11. The summed E-state index contributed by atoms with van der Waals surface area (Å²) in [6.45, 7) is 0.335. The molecule has 1 saturated heterocycles. The molecule has 0 N–H and O–H groups in total. The normalized spacial score (nSPS) is 26.2. The van der Waals surface area contributed by atoms with E-state index in [0.29, 0.717) is 23.6 Å². The Balaban J connectivity index is 1.25. The lowest BCUT2D eigenvalue weighted by Gasteiger charge is -2.17. The van der Waals surface area contributed by atoms with Gasteiger partial charge in [0, 0.05) is 0 Å². The van der Waals surface area contributed by atoms with Crippen LogP contribution in [-0.2, 0) is 20.9 Å². The largest absolute Gasteiger partial charge is 0.489 e. The van der Waals surface area contributed by atoms with Crippen molar-refractivity contribution in [2.24, 2.45) is 23.7 Å². The molecule has 0 spiro atoms. The quantitative estimate of drug-likeness (QED) is 0.435. The number of nitrogens with zero attached hydrogens (tertiary/aromatic N) is 1. The Morgan fingerprint density at radius 2 is 1.53 bits per heavy atom. The van der Waals surface area contributed by atoms with E-state index in [9.17, 15) is 14.4 Å². The summed E-state index contributed by atoms with van der Waals surface area (Å²) in [6, 6.07) is 14.0. The zero-order valence-corrected chi connectivity index (χ0v) is 16.5. The number of hydrogen-bond donors (Lipinski definition) is 0. The Bertz CT molecular complexity index is 1010. The molecule has 0 radical (unpaired) electrons. The van der Waals surface area contributed by atoms with Gasteiger partial charge in [0.2, 0.25) is 11.8 Å². The van der Waals surface area contributed by atoms with Gasteiger partial charge in [-0.15, -0.1) is 0 Å². The smallest absolute Gasteiger partial charge is 0.337 e. The first kappa shape index (κ1) is 18.6. The Morgan fingerprint density at radius 3 is 2.10 bits per heavy atom. The summed E-state index contributed by atoms with van der Waals surface area (Å²) >= 11 is 0. The summed E-state index contributed by atoms with van der Waals surface area (Å²) in [4.78, 5) is 38.6. The van der Waals surface area contributed by atoms with E-state index in [1.807, 2.05) is 12.1 Å². The van der Waals surface area contributed by atoms with E-state index in [-0.39, 0.29) is 41.5 Å². The third-order valence-electron chi connectivity index (χ3n) is 6.35. The second-order valence-electron chi connectivity index (χ2n) is 7.98. The average molecular weight is 403 g/mol. The highest BCUT2D eigenvalue weighted by Crippen LogP contribution is 2.53. The highest BCUT2D eigenvalue weighted by molar-refractivity contribution is 6.22. The van der Waals surface area contributed by atoms with E-state index in [2.05, 4.69) is 16.9 Å². The SMILES string of the molecule is COC(=O)c1ccc(COc2ccc(N3C(=O)[C@@H]4[C@H](C3=O)[C@H]3C=C[C@H]4C3)cc2)cc1. The first-order chi connectivity index (χ1) is 14.6. The molecule has 0 unspecified atom stereocenters. The van der Waals surface area contributed by atoms with Gasteiger partial charge in [0.15, 0.2) is 0 Å². The molecule has 2 aromatic carbocycles. The molecule has 4 atom stereocenters. The predicted octanol–water partition coefficient (Wildman–Crippen LogP) is 3.36. The lowest BCUT2D eigenvalue weighted by molar-refractivity contribution is -0.123. The van der Waals surface area contributed by atoms with Crippen molar-refractivity contribution in [1.82, 2.24) is 0 Å². The van der Waals surface area contributed by atoms with Crippen molar-refractivity contribution >= 4 is 23.5 Å². The number of ether oxygens (including phenoxy) is 2. The monoisotopic (exact) mass is 403 g/mol. The molecule has 2 fully saturated rings. The van der Waals surface area contributed by atoms with Gasteiger partial charge in [0.05, 0.1) is 30.2 Å². The zero-order chi connectivity index (χ0) is 20.8. The van der Waals surface area contributed by atoms with Gasteiger partial charge in [-0.2, -0.15) is 0 Å². The van der Waals surface area contributed by atoms with Crippen LogP contribution in [0.3, 0.4) is 0 Å². The third-order valence-corrected chi connectivity index (χ3v) is 6.35. The maximum atomic E-state index is 12.9. The van der Waals surface area contributed by atoms with Crippen LogP contribution in [0.4, 0.5) is 5.69 Å². The molecule has 5 rings (SSSR count). The number of methoxy groups -OCH3 is 1. The van der Waals surface area contributed by atoms with Gasteiger partial charge in [-0.3, -0.25) is 14.5 Å². The lowest BCUT2D eigenvalue weighted by Crippen LogP contribution is -2.32. The van der Waals surface area contributed by atoms with Crippen molar-refractivity contribution in [3.8, 4) is 5.75 Å². The summed E-state index contributed by atoms with van der Waals surface area (Å²) in [7, 11) is 1.35. The van der Waals surface area contributed by atoms with Crippen LogP contribution in [0.1, 0.15) is 22.3 Å². The van der Waals surface area contributed by atoms with Gasteiger partial charge >= 0.3 is 5.97 Å². The molecule has 30 heavy (non-hydrogen) atoms. The van der Waals surface area contributed by atoms with Gasteiger partial charge in [0.25, 0.3) is 0 Å². The number of esters is 1. The highest BCUT2D eigenvalue weighted by atomic mass is 16.5. The molecular weight excluding hydrogens is 382 g/mol. The number of amides is 2. The van der Waals surface area contributed by atoms with Crippen molar-refractivity contribution in [2.75, 3.05) is 12.0 Å². The Kier molecular flexibility index (Phi) is 4.42. The van der Waals surface area contributed by atoms with Crippen molar-refractivity contribution in [3.63, 3.8) is 0 Å². The Morgan fingerprint density at radius 1 is 0.933 bits per heavy atom. The van der Waals surface area contributed by atoms with E-state index >= 15 is 0 Å². The van der Waals surface area contributed by atoms with Gasteiger partial charge in [-0.1, -0.05) is 24.3 Å². The molecule has 0 aromatic heterocycles. The first-order valence-electron chi connectivity index (χ1n) is 10.0. The molecule has 152 valence electrons. The van der Waals surface area contributed by atoms with E-state index in [1.54, 1.807) is 36.4 Å². The molecule has 6 heteroatoms. The number of anilines is 1. The molecule has 2 aromatic rings. The molecule has 2 amide bonds. The highest BCUT2D eigenvalue weighted by Gasteiger charge is 2.59.